The van der Waals surface area contributed by atoms with Gasteiger partial charge in [-0.25, -0.2) is 4.98 Å². The van der Waals surface area contributed by atoms with Crippen molar-refractivity contribution in [3.8, 4) is 0 Å². The van der Waals surface area contributed by atoms with Gasteiger partial charge in [0.2, 0.25) is 0 Å². The van der Waals surface area contributed by atoms with Gasteiger partial charge in [-0.2, -0.15) is 5.10 Å². The van der Waals surface area contributed by atoms with Crippen LogP contribution < -0.4 is 10.6 Å². The Labute approximate surface area is 111 Å². The van der Waals surface area contributed by atoms with Crippen LogP contribution in [0.5, 0.6) is 0 Å². The molecule has 0 saturated heterocycles. The van der Waals surface area contributed by atoms with E-state index in [1.54, 1.807) is 25.4 Å². The molecule has 0 aliphatic carbocycles. The van der Waals surface area contributed by atoms with E-state index in [2.05, 4.69) is 20.7 Å². The molecule has 6 heteroatoms. The minimum absolute atomic E-state index is 0.154. The number of hydrogen-bond donors (Lipinski definition) is 2. The van der Waals surface area contributed by atoms with E-state index < -0.39 is 0 Å². The van der Waals surface area contributed by atoms with Gasteiger partial charge in [0.1, 0.15) is 5.82 Å². The molecule has 6 nitrogen and oxygen atoms in total. The molecule has 0 aliphatic rings. The number of anilines is 1. The van der Waals surface area contributed by atoms with Crippen molar-refractivity contribution in [1.29, 1.82) is 0 Å². The maximum absolute atomic E-state index is 11.7. The number of carbonyl (C=O) groups excluding carboxylic acids is 1. The smallest absolute Gasteiger partial charge is 0.254 e. The fourth-order valence-electron chi connectivity index (χ4n) is 1.76. The normalized spacial score (nSPS) is 10.3. The Morgan fingerprint density at radius 2 is 2.26 bits per heavy atom. The first-order chi connectivity index (χ1) is 9.13. The van der Waals surface area contributed by atoms with Crippen LogP contribution in [0.4, 0.5) is 5.82 Å². The van der Waals surface area contributed by atoms with Crippen molar-refractivity contribution in [2.75, 3.05) is 12.4 Å². The van der Waals surface area contributed by atoms with Crippen LogP contribution in [0.25, 0.3) is 0 Å². The first kappa shape index (κ1) is 13.1. The molecule has 0 aliphatic heterocycles. The summed E-state index contributed by atoms with van der Waals surface area (Å²) in [4.78, 5) is 15.9. The first-order valence-electron chi connectivity index (χ1n) is 6.02. The third-order valence-electron chi connectivity index (χ3n) is 3.06. The molecule has 2 N–H and O–H groups in total. The standard InChI is InChI=1S/C13H17N5O/c1-9-10(8-17-18(9)3)7-16-12-11(13(19)14-2)5-4-6-15-12/h4-6,8H,7H2,1-3H3,(H,14,19)(H,15,16). The van der Waals surface area contributed by atoms with Gasteiger partial charge in [-0.15, -0.1) is 0 Å². The van der Waals surface area contributed by atoms with Crippen molar-refractivity contribution in [2.24, 2.45) is 7.05 Å². The zero-order valence-electron chi connectivity index (χ0n) is 11.3. The molecule has 2 rings (SSSR count). The predicted octanol–water partition coefficient (Wildman–Crippen LogP) is 1.10. The van der Waals surface area contributed by atoms with E-state index >= 15 is 0 Å². The van der Waals surface area contributed by atoms with Crippen LogP contribution in [0, 0.1) is 6.92 Å². The van der Waals surface area contributed by atoms with Crippen LogP contribution in [0.1, 0.15) is 21.6 Å². The summed E-state index contributed by atoms with van der Waals surface area (Å²) in [5.74, 6) is 0.420. The number of hydrogen-bond acceptors (Lipinski definition) is 4. The third kappa shape index (κ3) is 2.73. The lowest BCUT2D eigenvalue weighted by atomic mass is 10.2. The van der Waals surface area contributed by atoms with E-state index in [1.807, 2.05) is 24.9 Å². The minimum Gasteiger partial charge on any atom is -0.365 e. The lowest BCUT2D eigenvalue weighted by molar-refractivity contribution is 0.0963. The summed E-state index contributed by atoms with van der Waals surface area (Å²) in [5, 5.41) is 9.95. The molecule has 19 heavy (non-hydrogen) atoms. The summed E-state index contributed by atoms with van der Waals surface area (Å²) in [6.45, 7) is 2.59. The number of pyridine rings is 1. The second kappa shape index (κ2) is 5.51. The number of carbonyl (C=O) groups is 1. The SMILES string of the molecule is CNC(=O)c1cccnc1NCc1cnn(C)c1C. The van der Waals surface area contributed by atoms with E-state index in [0.29, 0.717) is 17.9 Å². The number of amides is 1. The zero-order valence-corrected chi connectivity index (χ0v) is 11.3. The Hall–Kier alpha value is -2.37. The molecule has 0 bridgehead atoms. The molecule has 2 aromatic rings. The highest BCUT2D eigenvalue weighted by molar-refractivity contribution is 5.98. The zero-order chi connectivity index (χ0) is 13.8. The Bertz CT molecular complexity index is 590. The second-order valence-corrected chi connectivity index (χ2v) is 4.21. The quantitative estimate of drug-likeness (QED) is 0.862. The average molecular weight is 259 g/mol. The molecule has 100 valence electrons. The van der Waals surface area contributed by atoms with Crippen molar-refractivity contribution in [1.82, 2.24) is 20.1 Å². The van der Waals surface area contributed by atoms with Gasteiger partial charge in [-0.05, 0) is 19.1 Å². The van der Waals surface area contributed by atoms with E-state index in [4.69, 9.17) is 0 Å². The van der Waals surface area contributed by atoms with Gasteiger partial charge >= 0.3 is 0 Å². The number of rotatable bonds is 4. The maximum atomic E-state index is 11.7. The highest BCUT2D eigenvalue weighted by atomic mass is 16.1. The van der Waals surface area contributed by atoms with Crippen LogP contribution in [-0.2, 0) is 13.6 Å². The third-order valence-corrected chi connectivity index (χ3v) is 3.06. The lowest BCUT2D eigenvalue weighted by Gasteiger charge is -2.09. The molecular formula is C13H17N5O. The summed E-state index contributed by atoms with van der Waals surface area (Å²) < 4.78 is 1.81. The molecule has 0 saturated carbocycles. The Morgan fingerprint density at radius 3 is 2.89 bits per heavy atom. The Balaban J connectivity index is 2.16. The molecule has 2 aromatic heterocycles. The highest BCUT2D eigenvalue weighted by Gasteiger charge is 2.11. The van der Waals surface area contributed by atoms with Crippen molar-refractivity contribution < 1.29 is 4.79 Å². The van der Waals surface area contributed by atoms with Gasteiger partial charge in [0, 0.05) is 38.1 Å². The van der Waals surface area contributed by atoms with Crippen molar-refractivity contribution >= 4 is 11.7 Å². The van der Waals surface area contributed by atoms with Gasteiger partial charge in [-0.3, -0.25) is 9.48 Å². The summed E-state index contributed by atoms with van der Waals surface area (Å²) in [6.07, 6.45) is 3.47. The molecule has 0 radical (unpaired) electrons. The summed E-state index contributed by atoms with van der Waals surface area (Å²) in [7, 11) is 3.50. The van der Waals surface area contributed by atoms with Gasteiger partial charge in [0.05, 0.1) is 11.8 Å². The predicted molar refractivity (Wildman–Crippen MR) is 72.9 cm³/mol. The van der Waals surface area contributed by atoms with Crippen molar-refractivity contribution in [2.45, 2.75) is 13.5 Å². The lowest BCUT2D eigenvalue weighted by Crippen LogP contribution is -2.20. The molecule has 0 aromatic carbocycles. The largest absolute Gasteiger partial charge is 0.365 e. The fraction of sp³-hybridized carbons (Fsp3) is 0.308. The van der Waals surface area contributed by atoms with E-state index in [0.717, 1.165) is 11.3 Å². The van der Waals surface area contributed by atoms with Crippen LogP contribution in [0.3, 0.4) is 0 Å². The summed E-state index contributed by atoms with van der Waals surface area (Å²) in [6, 6.07) is 3.48. The minimum atomic E-state index is -0.154. The molecule has 2 heterocycles. The number of nitrogens with one attached hydrogen (secondary N) is 2. The molecule has 0 fully saturated rings. The maximum Gasteiger partial charge on any atom is 0.254 e. The van der Waals surface area contributed by atoms with E-state index in [-0.39, 0.29) is 5.91 Å². The molecule has 0 unspecified atom stereocenters. The Kier molecular flexibility index (Phi) is 3.79. The summed E-state index contributed by atoms with van der Waals surface area (Å²) >= 11 is 0. The topological polar surface area (TPSA) is 71.8 Å². The van der Waals surface area contributed by atoms with E-state index in [1.165, 1.54) is 0 Å². The Morgan fingerprint density at radius 1 is 1.47 bits per heavy atom. The first-order valence-corrected chi connectivity index (χ1v) is 6.02. The molecular weight excluding hydrogens is 242 g/mol. The number of nitrogens with zero attached hydrogens (tertiary/aromatic N) is 3. The monoisotopic (exact) mass is 259 g/mol. The molecule has 0 spiro atoms. The second-order valence-electron chi connectivity index (χ2n) is 4.21. The van der Waals surface area contributed by atoms with Gasteiger partial charge < -0.3 is 10.6 Å². The molecule has 1 amide bonds. The van der Waals surface area contributed by atoms with Crippen LogP contribution in [0.2, 0.25) is 0 Å². The van der Waals surface area contributed by atoms with Gasteiger partial charge in [-0.1, -0.05) is 0 Å². The highest BCUT2D eigenvalue weighted by Crippen LogP contribution is 2.14. The van der Waals surface area contributed by atoms with Crippen LogP contribution in [0.15, 0.2) is 24.5 Å². The van der Waals surface area contributed by atoms with Crippen LogP contribution in [-0.4, -0.2) is 27.7 Å². The number of aromatic nitrogens is 3. The fourth-order valence-corrected chi connectivity index (χ4v) is 1.76. The van der Waals surface area contributed by atoms with Crippen molar-refractivity contribution in [3.05, 3.63) is 41.3 Å². The van der Waals surface area contributed by atoms with Crippen molar-refractivity contribution in [3.63, 3.8) is 0 Å². The van der Waals surface area contributed by atoms with E-state index in [9.17, 15) is 4.79 Å². The number of aryl methyl sites for hydroxylation is 1. The van der Waals surface area contributed by atoms with Gasteiger partial charge in [0.25, 0.3) is 5.91 Å². The summed E-state index contributed by atoms with van der Waals surface area (Å²) in [5.41, 5.74) is 2.70. The molecule has 0 atom stereocenters. The van der Waals surface area contributed by atoms with Crippen LogP contribution >= 0.6 is 0 Å². The van der Waals surface area contributed by atoms with Gasteiger partial charge in [0.15, 0.2) is 0 Å². The average Bonchev–Trinajstić information content (AvgIpc) is 2.76.